The Bertz CT molecular complexity index is 891. The molecule has 2 aromatic carbocycles. The molecule has 3 nitrogen and oxygen atoms in total. The molecule has 0 saturated heterocycles. The number of ketones is 1. The molecule has 0 saturated carbocycles. The van der Waals surface area contributed by atoms with Gasteiger partial charge in [-0.1, -0.05) is 35.3 Å². The summed E-state index contributed by atoms with van der Waals surface area (Å²) in [5.41, 5.74) is -2.02. The van der Waals surface area contributed by atoms with Crippen LogP contribution in [-0.4, -0.2) is 5.78 Å². The number of nitriles is 1. The van der Waals surface area contributed by atoms with E-state index >= 15 is 0 Å². The first kappa shape index (κ1) is 23.8. The van der Waals surface area contributed by atoms with Crippen molar-refractivity contribution in [2.75, 3.05) is 0 Å². The Morgan fingerprint density at radius 3 is 2.19 bits per heavy atom. The molecule has 0 N–H and O–H groups in total. The van der Waals surface area contributed by atoms with E-state index in [1.165, 1.54) is 38.1 Å². The molecular weight excluding hydrogens is 413 g/mol. The first-order valence-electron chi connectivity index (χ1n) is 7.26. The summed E-state index contributed by atoms with van der Waals surface area (Å²) in [6.07, 6.45) is -4.60. The zero-order valence-corrected chi connectivity index (χ0v) is 18.1. The van der Waals surface area contributed by atoms with Gasteiger partial charge in [0.2, 0.25) is 0 Å². The van der Waals surface area contributed by atoms with Gasteiger partial charge in [-0.2, -0.15) is 18.4 Å². The molecule has 0 atom stereocenters. The van der Waals surface area contributed by atoms with Gasteiger partial charge in [0, 0.05) is 5.56 Å². The van der Waals surface area contributed by atoms with Gasteiger partial charge in [-0.15, -0.1) is 0 Å². The number of benzene rings is 2. The molecule has 27 heavy (non-hydrogen) atoms. The maximum Gasteiger partial charge on any atom is 1.00 e. The van der Waals surface area contributed by atoms with Crippen molar-refractivity contribution in [3.8, 4) is 17.6 Å². The van der Waals surface area contributed by atoms with Gasteiger partial charge in [0.1, 0.15) is 11.2 Å². The Kier molecular flexibility index (Phi) is 7.80. The number of halogens is 5. The quantitative estimate of drug-likeness (QED) is 0.554. The van der Waals surface area contributed by atoms with Crippen molar-refractivity contribution >= 4 is 29.0 Å². The molecule has 2 rings (SSSR count). The van der Waals surface area contributed by atoms with Crippen LogP contribution in [0.3, 0.4) is 0 Å². The van der Waals surface area contributed by atoms with Crippen LogP contribution < -0.4 is 34.3 Å². The van der Waals surface area contributed by atoms with E-state index < -0.39 is 22.9 Å². The van der Waals surface area contributed by atoms with Crippen LogP contribution in [0.15, 0.2) is 36.4 Å². The zero-order valence-electron chi connectivity index (χ0n) is 15.6. The fraction of sp³-hybridized carbons (Fsp3) is 0.222. The van der Waals surface area contributed by atoms with E-state index in [0.29, 0.717) is 12.1 Å². The van der Waals surface area contributed by atoms with Crippen LogP contribution in [0.2, 0.25) is 10.0 Å². The summed E-state index contributed by atoms with van der Waals surface area (Å²) >= 11 is 11.7. The summed E-state index contributed by atoms with van der Waals surface area (Å²) in [5, 5.41) is 8.42. The maximum absolute atomic E-state index is 12.8. The fourth-order valence-electron chi connectivity index (χ4n) is 2.05. The van der Waals surface area contributed by atoms with E-state index in [0.717, 1.165) is 0 Å². The number of ether oxygens (including phenoxy) is 1. The van der Waals surface area contributed by atoms with Crippen molar-refractivity contribution in [1.82, 2.24) is 0 Å². The third-order valence-corrected chi connectivity index (χ3v) is 4.05. The van der Waals surface area contributed by atoms with E-state index in [1.807, 2.05) is 6.07 Å². The number of carbonyl (C=O) groups is 1. The van der Waals surface area contributed by atoms with Crippen LogP contribution in [0.5, 0.6) is 11.5 Å². The summed E-state index contributed by atoms with van der Waals surface area (Å²) in [5.74, 6) is -0.436. The van der Waals surface area contributed by atoms with Gasteiger partial charge in [-0.05, 0) is 38.1 Å². The minimum atomic E-state index is -4.60. The molecule has 0 bridgehead atoms. The van der Waals surface area contributed by atoms with E-state index in [4.69, 9.17) is 33.2 Å². The Morgan fingerprint density at radius 1 is 1.15 bits per heavy atom. The van der Waals surface area contributed by atoms with E-state index in [1.54, 1.807) is 0 Å². The summed E-state index contributed by atoms with van der Waals surface area (Å²) in [6.45, 7) is 2.96. The number of alkyl halides is 3. The summed E-state index contributed by atoms with van der Waals surface area (Å²) < 4.78 is 43.8. The topological polar surface area (TPSA) is 50.1 Å². The molecule has 9 heteroatoms. The van der Waals surface area contributed by atoms with Crippen molar-refractivity contribution in [1.29, 1.82) is 5.26 Å². The van der Waals surface area contributed by atoms with Gasteiger partial charge in [0.25, 0.3) is 0 Å². The number of nitrogens with zero attached hydrogens (tertiary/aromatic N) is 1. The molecule has 138 valence electrons. The Labute approximate surface area is 187 Å². The van der Waals surface area contributed by atoms with Crippen LogP contribution in [0.25, 0.3) is 0 Å². The van der Waals surface area contributed by atoms with Gasteiger partial charge in [0.15, 0.2) is 11.5 Å². The Balaban J connectivity index is 0.00000364. The largest absolute Gasteiger partial charge is 1.00 e. The Hall–Kier alpha value is -1.23. The predicted octanol–water partition coefficient (Wildman–Crippen LogP) is 3.65. The number of Topliss-reactive ketones (excluding diaryl/α,β-unsaturated/α-hetero) is 1. The molecule has 0 heterocycles. The average Bonchev–Trinajstić information content (AvgIpc) is 2.56. The minimum absolute atomic E-state index is 0. The zero-order chi connectivity index (χ0) is 19.7. The molecule has 0 aliphatic rings. The molecule has 0 spiro atoms. The molecule has 0 aromatic heterocycles. The molecule has 0 radical (unpaired) electrons. The number of carbonyl (C=O) groups excluding carboxylic acids is 1. The summed E-state index contributed by atoms with van der Waals surface area (Å²) in [4.78, 5) is 12.3. The van der Waals surface area contributed by atoms with Gasteiger partial charge in [-0.3, -0.25) is 4.79 Å². The maximum atomic E-state index is 12.8. The van der Waals surface area contributed by atoms with Crippen molar-refractivity contribution in [2.45, 2.75) is 20.0 Å². The smallest absolute Gasteiger partial charge is 1.00 e. The van der Waals surface area contributed by atoms with Gasteiger partial charge < -0.3 is 6.16 Å². The molecule has 0 fully saturated rings. The van der Waals surface area contributed by atoms with Gasteiger partial charge in [0.05, 0.1) is 21.7 Å². The molecule has 0 aliphatic heterocycles. The fourth-order valence-corrected chi connectivity index (χ4v) is 2.62. The minimum Gasteiger partial charge on any atom is -1.00 e. The van der Waals surface area contributed by atoms with Crippen molar-refractivity contribution in [3.05, 3.63) is 57.6 Å². The van der Waals surface area contributed by atoms with E-state index in [9.17, 15) is 18.0 Å². The molecule has 0 unspecified atom stereocenters. The van der Waals surface area contributed by atoms with E-state index in [2.05, 4.69) is 0 Å². The molecule has 2 aromatic rings. The monoisotopic (exact) mass is 425 g/mol. The van der Waals surface area contributed by atoms with Crippen LogP contribution in [0.1, 0.15) is 31.2 Å². The Morgan fingerprint density at radius 2 is 1.70 bits per heavy atom. The van der Waals surface area contributed by atoms with Crippen LogP contribution in [0, 0.1) is 16.7 Å². The molecular formula is C18H13Cl2F3NNaO2. The first-order chi connectivity index (χ1) is 12.0. The van der Waals surface area contributed by atoms with Gasteiger partial charge >= 0.3 is 35.7 Å². The van der Waals surface area contributed by atoms with Crippen LogP contribution in [0.4, 0.5) is 13.2 Å². The van der Waals surface area contributed by atoms with Gasteiger partial charge in [-0.25, -0.2) is 0 Å². The van der Waals surface area contributed by atoms with Crippen molar-refractivity contribution in [2.24, 2.45) is 5.41 Å². The van der Waals surface area contributed by atoms with Crippen LogP contribution in [-0.2, 0) is 6.18 Å². The number of hydrogen-bond acceptors (Lipinski definition) is 3. The second kappa shape index (κ2) is 8.85. The van der Waals surface area contributed by atoms with E-state index in [-0.39, 0.29) is 58.1 Å². The number of rotatable bonds is 4. The summed E-state index contributed by atoms with van der Waals surface area (Å²) in [6, 6.07) is 9.19. The third-order valence-electron chi connectivity index (χ3n) is 3.49. The second-order valence-electron chi connectivity index (χ2n) is 5.96. The first-order valence-corrected chi connectivity index (χ1v) is 8.01. The normalized spacial score (nSPS) is 11.3. The summed E-state index contributed by atoms with van der Waals surface area (Å²) in [7, 11) is 0. The molecule has 0 amide bonds. The molecule has 0 aliphatic carbocycles. The SMILES string of the molecule is CC(C)(C#N)C(=O)c1cccc(Oc2c(Cl)cc(C(F)(F)F)cc2Cl)c1.[H-].[Na+]. The van der Waals surface area contributed by atoms with Crippen molar-refractivity contribution in [3.63, 3.8) is 0 Å². The van der Waals surface area contributed by atoms with Crippen molar-refractivity contribution < 1.29 is 53.7 Å². The predicted molar refractivity (Wildman–Crippen MR) is 92.8 cm³/mol. The second-order valence-corrected chi connectivity index (χ2v) is 6.78. The van der Waals surface area contributed by atoms with Crippen LogP contribution >= 0.6 is 23.2 Å². The standard InChI is InChI=1S/C18H12Cl2F3NO2.Na.H/c1-17(2,9-24)16(25)10-4-3-5-12(6-10)26-15-13(19)7-11(8-14(15)20)18(21,22)23;;/h3-8H,1-2H3;;/q;+1;-1. The number of hydrogen-bond donors (Lipinski definition) is 0. The third kappa shape index (κ3) is 5.63. The average molecular weight is 426 g/mol.